The Hall–Kier alpha value is -0.580. The van der Waals surface area contributed by atoms with Gasteiger partial charge in [-0.25, -0.2) is 0 Å². The first kappa shape index (κ1) is 15.5. The molecule has 0 aliphatic carbocycles. The van der Waals surface area contributed by atoms with Crippen LogP contribution >= 0.6 is 23.2 Å². The van der Waals surface area contributed by atoms with Gasteiger partial charge in [0, 0.05) is 17.1 Å². The molecular formula is C12H14Cl2O3S. The summed E-state index contributed by atoms with van der Waals surface area (Å²) in [5.41, 5.74) is 0. The normalized spacial score (nSPS) is 12.3. The van der Waals surface area contributed by atoms with Crippen LogP contribution in [0.3, 0.4) is 0 Å². The minimum Gasteiger partial charge on any atom is -0.481 e. The maximum atomic E-state index is 11.9. The van der Waals surface area contributed by atoms with Crippen LogP contribution in [-0.2, 0) is 15.6 Å². The summed E-state index contributed by atoms with van der Waals surface area (Å²) in [7, 11) is -1.11. The van der Waals surface area contributed by atoms with Crippen LogP contribution in [-0.4, -0.2) is 21.0 Å². The van der Waals surface area contributed by atoms with Crippen molar-refractivity contribution in [1.29, 1.82) is 0 Å². The summed E-state index contributed by atoms with van der Waals surface area (Å²) in [5, 5.41) is 9.31. The highest BCUT2D eigenvalue weighted by molar-refractivity contribution is 7.85. The Kier molecular flexibility index (Phi) is 6.68. The van der Waals surface area contributed by atoms with E-state index in [1.807, 2.05) is 0 Å². The third-order valence-electron chi connectivity index (χ3n) is 2.37. The highest BCUT2D eigenvalue weighted by atomic mass is 35.5. The monoisotopic (exact) mass is 308 g/mol. The third-order valence-corrected chi connectivity index (χ3v) is 4.55. The van der Waals surface area contributed by atoms with Gasteiger partial charge in [0.05, 0.1) is 20.8 Å². The highest BCUT2D eigenvalue weighted by Gasteiger charge is 2.06. The van der Waals surface area contributed by atoms with Gasteiger partial charge in [-0.15, -0.1) is 0 Å². The Morgan fingerprint density at radius 2 is 1.89 bits per heavy atom. The molecule has 0 radical (unpaired) electrons. The Balaban J connectivity index is 2.36. The van der Waals surface area contributed by atoms with Crippen molar-refractivity contribution in [2.24, 2.45) is 0 Å². The van der Waals surface area contributed by atoms with Crippen LogP contribution in [0.4, 0.5) is 0 Å². The number of hydrogen-bond acceptors (Lipinski definition) is 2. The molecule has 0 saturated heterocycles. The fraction of sp³-hybridized carbons (Fsp3) is 0.417. The van der Waals surface area contributed by atoms with Crippen molar-refractivity contribution < 1.29 is 14.1 Å². The van der Waals surface area contributed by atoms with Gasteiger partial charge in [0.2, 0.25) is 0 Å². The van der Waals surface area contributed by atoms with Gasteiger partial charge in [-0.05, 0) is 31.0 Å². The van der Waals surface area contributed by atoms with Gasteiger partial charge >= 0.3 is 5.97 Å². The van der Waals surface area contributed by atoms with Crippen LogP contribution in [0.5, 0.6) is 0 Å². The van der Waals surface area contributed by atoms with Gasteiger partial charge in [-0.3, -0.25) is 9.00 Å². The number of benzene rings is 1. The largest absolute Gasteiger partial charge is 0.481 e. The lowest BCUT2D eigenvalue weighted by molar-refractivity contribution is -0.137. The molecule has 1 aromatic carbocycles. The minimum absolute atomic E-state index is 0.166. The zero-order chi connectivity index (χ0) is 13.5. The summed E-state index contributed by atoms with van der Waals surface area (Å²) in [5.74, 6) is -0.280. The van der Waals surface area contributed by atoms with Gasteiger partial charge < -0.3 is 5.11 Å². The van der Waals surface area contributed by atoms with E-state index in [-0.39, 0.29) is 6.42 Å². The molecule has 3 nitrogen and oxygen atoms in total. The molecule has 6 heteroatoms. The van der Waals surface area contributed by atoms with E-state index in [0.29, 0.717) is 27.1 Å². The first-order valence-electron chi connectivity index (χ1n) is 5.56. The van der Waals surface area contributed by atoms with Crippen molar-refractivity contribution in [3.63, 3.8) is 0 Å². The van der Waals surface area contributed by atoms with Gasteiger partial charge in [0.25, 0.3) is 0 Å². The highest BCUT2D eigenvalue weighted by Crippen LogP contribution is 2.24. The minimum atomic E-state index is -1.11. The zero-order valence-electron chi connectivity index (χ0n) is 9.70. The average Bonchev–Trinajstić information content (AvgIpc) is 2.31. The number of aliphatic carboxylic acids is 1. The molecule has 0 heterocycles. The predicted octanol–water partition coefficient (Wildman–Crippen LogP) is 3.75. The second-order valence-electron chi connectivity index (χ2n) is 3.83. The molecule has 1 aromatic rings. The van der Waals surface area contributed by atoms with Crippen LogP contribution in [0.1, 0.15) is 25.7 Å². The Labute approximate surface area is 119 Å². The molecule has 18 heavy (non-hydrogen) atoms. The van der Waals surface area contributed by atoms with Crippen molar-refractivity contribution in [2.75, 3.05) is 5.75 Å². The van der Waals surface area contributed by atoms with Gasteiger partial charge in [-0.1, -0.05) is 29.6 Å². The molecule has 0 amide bonds. The van der Waals surface area contributed by atoms with Crippen LogP contribution < -0.4 is 0 Å². The number of halogens is 2. The van der Waals surface area contributed by atoms with E-state index in [0.717, 1.165) is 12.8 Å². The summed E-state index contributed by atoms with van der Waals surface area (Å²) in [4.78, 5) is 11.0. The standard InChI is InChI=1S/C12H14Cl2O3S/c13-10-6-5-9(8-11(10)14)18(17)7-3-1-2-4-12(15)16/h5-6,8H,1-4,7H2,(H,15,16). The number of unbranched alkanes of at least 4 members (excludes halogenated alkanes) is 2. The third kappa shape index (κ3) is 5.38. The molecule has 0 spiro atoms. The molecule has 1 unspecified atom stereocenters. The molecule has 1 N–H and O–H groups in total. The lowest BCUT2D eigenvalue weighted by atomic mass is 10.2. The number of carbonyl (C=O) groups is 1. The van der Waals surface area contributed by atoms with E-state index in [9.17, 15) is 9.00 Å². The first-order chi connectivity index (χ1) is 8.50. The number of carboxylic acid groups (broad SMARTS) is 1. The Bertz CT molecular complexity index is 449. The molecule has 0 saturated carbocycles. The Morgan fingerprint density at radius 1 is 1.17 bits per heavy atom. The van der Waals surface area contributed by atoms with Gasteiger partial charge in [0.1, 0.15) is 0 Å². The molecule has 0 fully saturated rings. The molecule has 0 aliphatic heterocycles. The van der Waals surface area contributed by atoms with Gasteiger partial charge in [0.15, 0.2) is 0 Å². The summed E-state index contributed by atoms with van der Waals surface area (Å²) >= 11 is 11.6. The molecule has 1 atom stereocenters. The predicted molar refractivity (Wildman–Crippen MR) is 73.8 cm³/mol. The topological polar surface area (TPSA) is 54.4 Å². The fourth-order valence-electron chi connectivity index (χ4n) is 1.42. The summed E-state index contributed by atoms with van der Waals surface area (Å²) in [6.45, 7) is 0. The summed E-state index contributed by atoms with van der Waals surface area (Å²) in [6.07, 6.45) is 2.28. The van der Waals surface area contributed by atoms with Crippen molar-refractivity contribution in [3.05, 3.63) is 28.2 Å². The molecule has 0 bridgehead atoms. The Morgan fingerprint density at radius 3 is 2.50 bits per heavy atom. The van der Waals surface area contributed by atoms with Crippen molar-refractivity contribution in [1.82, 2.24) is 0 Å². The molecule has 1 rings (SSSR count). The molecule has 0 aliphatic rings. The van der Waals surface area contributed by atoms with E-state index in [4.69, 9.17) is 28.3 Å². The molecule has 100 valence electrons. The lowest BCUT2D eigenvalue weighted by Gasteiger charge is -2.03. The quantitative estimate of drug-likeness (QED) is 0.781. The summed E-state index contributed by atoms with van der Waals surface area (Å²) in [6, 6.07) is 4.93. The smallest absolute Gasteiger partial charge is 0.303 e. The number of rotatable bonds is 7. The summed E-state index contributed by atoms with van der Waals surface area (Å²) < 4.78 is 11.9. The van der Waals surface area contributed by atoms with Gasteiger partial charge in [-0.2, -0.15) is 0 Å². The second-order valence-corrected chi connectivity index (χ2v) is 6.22. The fourth-order valence-corrected chi connectivity index (χ4v) is 2.96. The average molecular weight is 309 g/mol. The van der Waals surface area contributed by atoms with Crippen LogP contribution in [0.15, 0.2) is 23.1 Å². The van der Waals surface area contributed by atoms with E-state index in [1.165, 1.54) is 0 Å². The van der Waals surface area contributed by atoms with E-state index in [1.54, 1.807) is 18.2 Å². The van der Waals surface area contributed by atoms with Crippen LogP contribution in [0.2, 0.25) is 10.0 Å². The maximum absolute atomic E-state index is 11.9. The lowest BCUT2D eigenvalue weighted by Crippen LogP contribution is -1.99. The van der Waals surface area contributed by atoms with E-state index < -0.39 is 16.8 Å². The van der Waals surface area contributed by atoms with E-state index >= 15 is 0 Å². The number of hydrogen-bond donors (Lipinski definition) is 1. The number of carboxylic acids is 1. The van der Waals surface area contributed by atoms with Crippen LogP contribution in [0.25, 0.3) is 0 Å². The second kappa shape index (κ2) is 7.77. The zero-order valence-corrected chi connectivity index (χ0v) is 12.0. The SMILES string of the molecule is O=C(O)CCCCCS(=O)c1ccc(Cl)c(Cl)c1. The van der Waals surface area contributed by atoms with Crippen molar-refractivity contribution in [3.8, 4) is 0 Å². The van der Waals surface area contributed by atoms with Crippen LogP contribution in [0, 0.1) is 0 Å². The van der Waals surface area contributed by atoms with Crippen molar-refractivity contribution in [2.45, 2.75) is 30.6 Å². The molecular weight excluding hydrogens is 295 g/mol. The molecule has 0 aromatic heterocycles. The maximum Gasteiger partial charge on any atom is 0.303 e. The van der Waals surface area contributed by atoms with Crippen molar-refractivity contribution >= 4 is 40.0 Å². The first-order valence-corrected chi connectivity index (χ1v) is 7.63. The van der Waals surface area contributed by atoms with E-state index in [2.05, 4.69) is 0 Å².